The van der Waals surface area contributed by atoms with Crippen LogP contribution in [-0.4, -0.2) is 33.0 Å². The SMILES string of the molecule is CNS(=O)(=O)c1ccc(NC2CCCC2SC)cc1N. The van der Waals surface area contributed by atoms with Crippen molar-refractivity contribution in [3.05, 3.63) is 18.2 Å². The van der Waals surface area contributed by atoms with Crippen LogP contribution in [0, 0.1) is 0 Å². The van der Waals surface area contributed by atoms with Gasteiger partial charge in [0.1, 0.15) is 4.90 Å². The highest BCUT2D eigenvalue weighted by Crippen LogP contribution is 2.31. The Balaban J connectivity index is 2.17. The molecule has 112 valence electrons. The first kappa shape index (κ1) is 15.5. The first-order valence-corrected chi connectivity index (χ1v) is 9.37. The van der Waals surface area contributed by atoms with Crippen molar-refractivity contribution in [2.45, 2.75) is 35.4 Å². The molecule has 2 atom stereocenters. The Hall–Kier alpha value is -0.920. The molecule has 1 saturated carbocycles. The summed E-state index contributed by atoms with van der Waals surface area (Å²) in [7, 11) is -2.12. The monoisotopic (exact) mass is 315 g/mol. The number of benzene rings is 1. The van der Waals surface area contributed by atoms with Crippen LogP contribution in [0.1, 0.15) is 19.3 Å². The maximum atomic E-state index is 11.8. The molecule has 1 aliphatic carbocycles. The number of nitrogens with one attached hydrogen (secondary N) is 2. The Labute approximate surface area is 124 Å². The highest BCUT2D eigenvalue weighted by Gasteiger charge is 2.26. The first-order chi connectivity index (χ1) is 9.47. The number of anilines is 2. The molecule has 1 aromatic rings. The van der Waals surface area contributed by atoms with Gasteiger partial charge in [-0.15, -0.1) is 0 Å². The van der Waals surface area contributed by atoms with Gasteiger partial charge in [0.2, 0.25) is 10.0 Å². The summed E-state index contributed by atoms with van der Waals surface area (Å²) in [5.74, 6) is 0. The summed E-state index contributed by atoms with van der Waals surface area (Å²) in [6.45, 7) is 0. The van der Waals surface area contributed by atoms with Crippen molar-refractivity contribution in [1.82, 2.24) is 4.72 Å². The molecule has 5 nitrogen and oxygen atoms in total. The van der Waals surface area contributed by atoms with Gasteiger partial charge in [-0.2, -0.15) is 11.8 Å². The Morgan fingerprint density at radius 1 is 1.35 bits per heavy atom. The quantitative estimate of drug-likeness (QED) is 0.723. The Kier molecular flexibility index (Phi) is 4.82. The molecule has 1 aliphatic rings. The second kappa shape index (κ2) is 6.24. The van der Waals surface area contributed by atoms with E-state index >= 15 is 0 Å². The number of thioether (sulfide) groups is 1. The fourth-order valence-corrected chi connectivity index (χ4v) is 4.35. The molecule has 0 heterocycles. The average molecular weight is 315 g/mol. The zero-order valence-electron chi connectivity index (χ0n) is 11.7. The number of nitrogens with two attached hydrogens (primary N) is 1. The predicted molar refractivity (Wildman–Crippen MR) is 85.7 cm³/mol. The Morgan fingerprint density at radius 3 is 2.70 bits per heavy atom. The van der Waals surface area contributed by atoms with E-state index < -0.39 is 10.0 Å². The van der Waals surface area contributed by atoms with Crippen LogP contribution in [0.2, 0.25) is 0 Å². The number of hydrogen-bond acceptors (Lipinski definition) is 5. The van der Waals surface area contributed by atoms with Crippen LogP contribution in [0.5, 0.6) is 0 Å². The van der Waals surface area contributed by atoms with Crippen molar-refractivity contribution in [1.29, 1.82) is 0 Å². The summed E-state index contributed by atoms with van der Waals surface area (Å²) in [5.41, 5.74) is 7.01. The molecular weight excluding hydrogens is 294 g/mol. The lowest BCUT2D eigenvalue weighted by atomic mass is 10.2. The minimum Gasteiger partial charge on any atom is -0.398 e. The molecule has 7 heteroatoms. The lowest BCUT2D eigenvalue weighted by molar-refractivity contribution is 0.588. The summed E-state index contributed by atoms with van der Waals surface area (Å²) in [6.07, 6.45) is 5.72. The summed E-state index contributed by atoms with van der Waals surface area (Å²) < 4.78 is 25.8. The molecule has 20 heavy (non-hydrogen) atoms. The number of nitrogen functional groups attached to an aromatic ring is 1. The summed E-state index contributed by atoms with van der Waals surface area (Å²) >= 11 is 1.88. The van der Waals surface area contributed by atoms with Gasteiger partial charge in [0.15, 0.2) is 0 Å². The van der Waals surface area contributed by atoms with E-state index in [0.29, 0.717) is 11.3 Å². The van der Waals surface area contributed by atoms with Crippen LogP contribution in [0.3, 0.4) is 0 Å². The minimum absolute atomic E-state index is 0.124. The standard InChI is InChI=1S/C13H21N3O2S2/c1-15-20(17,18)13-7-6-9(8-10(13)14)16-11-4-3-5-12(11)19-2/h6-8,11-12,15-16H,3-5,14H2,1-2H3. The molecule has 0 aromatic heterocycles. The van der Waals surface area contributed by atoms with Gasteiger partial charge in [-0.05, 0) is 44.3 Å². The third-order valence-corrected chi connectivity index (χ3v) is 6.33. The number of sulfonamides is 1. The van der Waals surface area contributed by atoms with E-state index in [0.717, 1.165) is 12.1 Å². The second-order valence-corrected chi connectivity index (χ2v) is 7.85. The molecule has 0 spiro atoms. The van der Waals surface area contributed by atoms with Gasteiger partial charge in [-0.1, -0.05) is 6.42 Å². The molecule has 0 saturated heterocycles. The second-order valence-electron chi connectivity index (χ2n) is 4.92. The lowest BCUT2D eigenvalue weighted by Crippen LogP contribution is -2.26. The molecule has 0 amide bonds. The molecule has 1 fully saturated rings. The van der Waals surface area contributed by atoms with Gasteiger partial charge >= 0.3 is 0 Å². The summed E-state index contributed by atoms with van der Waals surface area (Å²) in [4.78, 5) is 0.124. The average Bonchev–Trinajstić information content (AvgIpc) is 2.85. The van der Waals surface area contributed by atoms with Gasteiger partial charge in [-0.3, -0.25) is 0 Å². The van der Waals surface area contributed by atoms with E-state index in [9.17, 15) is 8.42 Å². The van der Waals surface area contributed by atoms with Crippen molar-refractivity contribution < 1.29 is 8.42 Å². The minimum atomic E-state index is -3.50. The van der Waals surface area contributed by atoms with Gasteiger partial charge in [0, 0.05) is 17.0 Å². The summed E-state index contributed by atoms with van der Waals surface area (Å²) in [5, 5.41) is 4.07. The predicted octanol–water partition coefficient (Wildman–Crippen LogP) is 1.87. The highest BCUT2D eigenvalue weighted by atomic mass is 32.2. The Morgan fingerprint density at radius 2 is 2.10 bits per heavy atom. The van der Waals surface area contributed by atoms with Gasteiger partial charge in [-0.25, -0.2) is 13.1 Å². The lowest BCUT2D eigenvalue weighted by Gasteiger charge is -2.21. The van der Waals surface area contributed by atoms with Gasteiger partial charge < -0.3 is 11.1 Å². The normalized spacial score (nSPS) is 22.9. The van der Waals surface area contributed by atoms with Crippen molar-refractivity contribution in [3.8, 4) is 0 Å². The van der Waals surface area contributed by atoms with Crippen molar-refractivity contribution in [2.24, 2.45) is 0 Å². The summed E-state index contributed by atoms with van der Waals surface area (Å²) in [6, 6.07) is 5.44. The van der Waals surface area contributed by atoms with E-state index in [1.165, 1.54) is 19.9 Å². The molecule has 0 aliphatic heterocycles. The molecule has 0 bridgehead atoms. The fourth-order valence-electron chi connectivity index (χ4n) is 2.58. The van der Waals surface area contributed by atoms with Crippen LogP contribution in [0.15, 0.2) is 23.1 Å². The van der Waals surface area contributed by atoms with Crippen molar-refractivity contribution in [2.75, 3.05) is 24.4 Å². The van der Waals surface area contributed by atoms with Crippen molar-refractivity contribution >= 4 is 33.2 Å². The fraction of sp³-hybridized carbons (Fsp3) is 0.538. The molecule has 2 unspecified atom stereocenters. The first-order valence-electron chi connectivity index (χ1n) is 6.60. The largest absolute Gasteiger partial charge is 0.398 e. The van der Waals surface area contributed by atoms with Crippen LogP contribution in [-0.2, 0) is 10.0 Å². The third kappa shape index (κ3) is 3.21. The molecule has 0 radical (unpaired) electrons. The number of hydrogen-bond donors (Lipinski definition) is 3. The van der Waals surface area contributed by atoms with E-state index in [4.69, 9.17) is 5.73 Å². The maximum absolute atomic E-state index is 11.8. The topological polar surface area (TPSA) is 84.2 Å². The zero-order valence-corrected chi connectivity index (χ0v) is 13.4. The Bertz CT molecular complexity index is 575. The van der Waals surface area contributed by atoms with Crippen molar-refractivity contribution in [3.63, 3.8) is 0 Å². The molecule has 4 N–H and O–H groups in total. The van der Waals surface area contributed by atoms with Crippen LogP contribution >= 0.6 is 11.8 Å². The molecule has 2 rings (SSSR count). The van der Waals surface area contributed by atoms with Crippen LogP contribution in [0.25, 0.3) is 0 Å². The molecule has 1 aromatic carbocycles. The van der Waals surface area contributed by atoms with Crippen LogP contribution < -0.4 is 15.8 Å². The van der Waals surface area contributed by atoms with Crippen LogP contribution in [0.4, 0.5) is 11.4 Å². The van der Waals surface area contributed by atoms with E-state index in [-0.39, 0.29) is 10.6 Å². The number of rotatable bonds is 5. The molecular formula is C13H21N3O2S2. The maximum Gasteiger partial charge on any atom is 0.242 e. The third-order valence-electron chi connectivity index (χ3n) is 3.68. The van der Waals surface area contributed by atoms with Gasteiger partial charge in [0.25, 0.3) is 0 Å². The zero-order chi connectivity index (χ0) is 14.8. The van der Waals surface area contributed by atoms with E-state index in [1.54, 1.807) is 18.2 Å². The van der Waals surface area contributed by atoms with Gasteiger partial charge in [0.05, 0.1) is 5.69 Å². The highest BCUT2D eigenvalue weighted by molar-refractivity contribution is 7.99. The van der Waals surface area contributed by atoms with E-state index in [1.807, 2.05) is 11.8 Å². The smallest absolute Gasteiger partial charge is 0.242 e. The van der Waals surface area contributed by atoms with E-state index in [2.05, 4.69) is 16.3 Å².